The highest BCUT2D eigenvalue weighted by molar-refractivity contribution is 5.56. The van der Waals surface area contributed by atoms with Crippen LogP contribution < -0.4 is 10.2 Å². The first kappa shape index (κ1) is 14.9. The van der Waals surface area contributed by atoms with E-state index in [1.54, 1.807) is 0 Å². The molecule has 2 aliphatic rings. The van der Waals surface area contributed by atoms with Gasteiger partial charge in [-0.25, -0.2) is 0 Å². The van der Waals surface area contributed by atoms with Crippen molar-refractivity contribution in [2.75, 3.05) is 18.5 Å². The summed E-state index contributed by atoms with van der Waals surface area (Å²) in [6.07, 6.45) is 5.22. The first-order valence-electron chi connectivity index (χ1n) is 8.55. The predicted molar refractivity (Wildman–Crippen MR) is 90.9 cm³/mol. The average molecular weight is 286 g/mol. The van der Waals surface area contributed by atoms with Gasteiger partial charge in [0.2, 0.25) is 0 Å². The molecule has 3 atom stereocenters. The van der Waals surface area contributed by atoms with Crippen LogP contribution in [-0.2, 0) is 6.42 Å². The van der Waals surface area contributed by atoms with Crippen molar-refractivity contribution >= 4 is 5.69 Å². The van der Waals surface area contributed by atoms with Gasteiger partial charge in [0, 0.05) is 24.3 Å². The molecule has 1 heterocycles. The molecule has 2 nitrogen and oxygen atoms in total. The summed E-state index contributed by atoms with van der Waals surface area (Å²) in [6, 6.07) is 10.3. The maximum Gasteiger partial charge on any atom is 0.0401 e. The van der Waals surface area contributed by atoms with Gasteiger partial charge in [-0.05, 0) is 62.6 Å². The van der Waals surface area contributed by atoms with Gasteiger partial charge >= 0.3 is 0 Å². The lowest BCUT2D eigenvalue weighted by atomic mass is 9.84. The lowest BCUT2D eigenvalue weighted by Crippen LogP contribution is -2.47. The molecule has 3 unspecified atom stereocenters. The van der Waals surface area contributed by atoms with Crippen LogP contribution >= 0.6 is 0 Å². The van der Waals surface area contributed by atoms with Gasteiger partial charge in [0.05, 0.1) is 0 Å². The molecule has 0 aromatic heterocycles. The van der Waals surface area contributed by atoms with Gasteiger partial charge in [-0.2, -0.15) is 0 Å². The Balaban J connectivity index is 1.81. The highest BCUT2D eigenvalue weighted by Gasteiger charge is 2.42. The Labute approximate surface area is 129 Å². The summed E-state index contributed by atoms with van der Waals surface area (Å²) in [5, 5.41) is 3.61. The molecule has 21 heavy (non-hydrogen) atoms. The zero-order chi connectivity index (χ0) is 15.0. The van der Waals surface area contributed by atoms with Crippen molar-refractivity contribution in [3.63, 3.8) is 0 Å². The Morgan fingerprint density at radius 1 is 1.24 bits per heavy atom. The van der Waals surface area contributed by atoms with Crippen LogP contribution in [0.2, 0.25) is 0 Å². The fourth-order valence-corrected chi connectivity index (χ4v) is 4.63. The molecule has 1 aliphatic carbocycles. The highest BCUT2D eigenvalue weighted by Crippen LogP contribution is 2.43. The van der Waals surface area contributed by atoms with Crippen molar-refractivity contribution in [1.29, 1.82) is 0 Å². The normalized spacial score (nSPS) is 31.2. The number of nitrogens with zero attached hydrogens (tertiary/aromatic N) is 1. The van der Waals surface area contributed by atoms with E-state index in [1.165, 1.54) is 43.5 Å². The molecule has 1 saturated carbocycles. The van der Waals surface area contributed by atoms with Gasteiger partial charge in [0.1, 0.15) is 0 Å². The molecule has 0 radical (unpaired) electrons. The van der Waals surface area contributed by atoms with E-state index >= 15 is 0 Å². The molecule has 0 amide bonds. The summed E-state index contributed by atoms with van der Waals surface area (Å²) in [7, 11) is 2.14. The van der Waals surface area contributed by atoms with Crippen molar-refractivity contribution in [2.45, 2.75) is 58.5 Å². The molecule has 0 spiro atoms. The van der Waals surface area contributed by atoms with Crippen LogP contribution in [0.1, 0.15) is 45.6 Å². The Hall–Kier alpha value is -1.02. The number of aryl methyl sites for hydroxylation is 1. The molecule has 3 rings (SSSR count). The standard InChI is InChI=1S/C19H30N2/c1-14-9-10-15-7-5-6-8-17(15)21(14)13-16-11-12-19(2,3)18(16)20-4/h5-8,14,16,18,20H,9-13H2,1-4H3. The van der Waals surface area contributed by atoms with Crippen LogP contribution in [0, 0.1) is 11.3 Å². The second-order valence-corrected chi connectivity index (χ2v) is 7.72. The molecule has 1 N–H and O–H groups in total. The van der Waals surface area contributed by atoms with Gasteiger partial charge in [-0.15, -0.1) is 0 Å². The number of para-hydroxylation sites is 1. The van der Waals surface area contributed by atoms with Crippen molar-refractivity contribution < 1.29 is 0 Å². The number of benzene rings is 1. The van der Waals surface area contributed by atoms with Gasteiger partial charge in [0.25, 0.3) is 0 Å². The second kappa shape index (κ2) is 5.64. The Kier molecular flexibility index (Phi) is 4.00. The Morgan fingerprint density at radius 2 is 2.00 bits per heavy atom. The molecule has 1 fully saturated rings. The number of anilines is 1. The minimum Gasteiger partial charge on any atom is -0.368 e. The molecule has 1 aliphatic heterocycles. The van der Waals surface area contributed by atoms with Gasteiger partial charge in [-0.1, -0.05) is 32.0 Å². The minimum atomic E-state index is 0.429. The number of nitrogens with one attached hydrogen (secondary N) is 1. The monoisotopic (exact) mass is 286 g/mol. The summed E-state index contributed by atoms with van der Waals surface area (Å²) < 4.78 is 0. The van der Waals surface area contributed by atoms with Crippen LogP contribution in [0.3, 0.4) is 0 Å². The van der Waals surface area contributed by atoms with Crippen LogP contribution in [-0.4, -0.2) is 25.7 Å². The van der Waals surface area contributed by atoms with Crippen LogP contribution in [0.4, 0.5) is 5.69 Å². The molecule has 2 heteroatoms. The average Bonchev–Trinajstić information content (AvgIpc) is 2.76. The summed E-state index contributed by atoms with van der Waals surface area (Å²) in [5.41, 5.74) is 3.45. The van der Waals surface area contributed by atoms with E-state index in [0.29, 0.717) is 17.5 Å². The number of hydrogen-bond donors (Lipinski definition) is 1. The third kappa shape index (κ3) is 2.70. The number of fused-ring (bicyclic) bond motifs is 1. The van der Waals surface area contributed by atoms with Crippen molar-refractivity contribution in [2.24, 2.45) is 11.3 Å². The maximum absolute atomic E-state index is 3.61. The third-order valence-corrected chi connectivity index (χ3v) is 5.88. The molecule has 0 saturated heterocycles. The predicted octanol–water partition coefficient (Wildman–Crippen LogP) is 3.85. The second-order valence-electron chi connectivity index (χ2n) is 7.72. The van der Waals surface area contributed by atoms with E-state index in [2.05, 4.69) is 62.3 Å². The Morgan fingerprint density at radius 3 is 2.76 bits per heavy atom. The molecule has 1 aromatic rings. The van der Waals surface area contributed by atoms with E-state index in [-0.39, 0.29) is 0 Å². The SMILES string of the molecule is CNC1C(CN2c3ccccc3CCC2C)CCC1(C)C. The number of hydrogen-bond acceptors (Lipinski definition) is 2. The number of rotatable bonds is 3. The molecule has 116 valence electrons. The fourth-order valence-electron chi connectivity index (χ4n) is 4.63. The summed E-state index contributed by atoms with van der Waals surface area (Å²) in [6.45, 7) is 8.43. The topological polar surface area (TPSA) is 15.3 Å². The Bertz CT molecular complexity index is 494. The largest absolute Gasteiger partial charge is 0.368 e. The third-order valence-electron chi connectivity index (χ3n) is 5.88. The van der Waals surface area contributed by atoms with Crippen molar-refractivity contribution in [3.8, 4) is 0 Å². The van der Waals surface area contributed by atoms with E-state index in [1.807, 2.05) is 0 Å². The van der Waals surface area contributed by atoms with Gasteiger partial charge in [0.15, 0.2) is 0 Å². The lowest BCUT2D eigenvalue weighted by molar-refractivity contribution is 0.259. The fraction of sp³-hybridized carbons (Fsp3) is 0.684. The summed E-state index contributed by atoms with van der Waals surface area (Å²) in [5.74, 6) is 0.763. The minimum absolute atomic E-state index is 0.429. The summed E-state index contributed by atoms with van der Waals surface area (Å²) >= 11 is 0. The summed E-state index contributed by atoms with van der Waals surface area (Å²) in [4.78, 5) is 2.68. The zero-order valence-corrected chi connectivity index (χ0v) is 14.0. The highest BCUT2D eigenvalue weighted by atomic mass is 15.2. The smallest absolute Gasteiger partial charge is 0.0401 e. The van der Waals surface area contributed by atoms with Gasteiger partial charge < -0.3 is 10.2 Å². The van der Waals surface area contributed by atoms with Crippen LogP contribution in [0.25, 0.3) is 0 Å². The first-order valence-corrected chi connectivity index (χ1v) is 8.55. The van der Waals surface area contributed by atoms with Crippen molar-refractivity contribution in [3.05, 3.63) is 29.8 Å². The zero-order valence-electron chi connectivity index (χ0n) is 14.0. The van der Waals surface area contributed by atoms with E-state index in [0.717, 1.165) is 5.92 Å². The first-order chi connectivity index (χ1) is 10.0. The van der Waals surface area contributed by atoms with Crippen LogP contribution in [0.15, 0.2) is 24.3 Å². The van der Waals surface area contributed by atoms with E-state index in [4.69, 9.17) is 0 Å². The van der Waals surface area contributed by atoms with E-state index < -0.39 is 0 Å². The van der Waals surface area contributed by atoms with Crippen molar-refractivity contribution in [1.82, 2.24) is 5.32 Å². The quantitative estimate of drug-likeness (QED) is 0.908. The van der Waals surface area contributed by atoms with Gasteiger partial charge in [-0.3, -0.25) is 0 Å². The van der Waals surface area contributed by atoms with E-state index in [9.17, 15) is 0 Å². The lowest BCUT2D eigenvalue weighted by Gasteiger charge is -2.41. The van der Waals surface area contributed by atoms with Crippen LogP contribution in [0.5, 0.6) is 0 Å². The maximum atomic E-state index is 3.61. The molecular formula is C19H30N2. The molecule has 0 bridgehead atoms. The molecule has 1 aromatic carbocycles. The molecular weight excluding hydrogens is 256 g/mol.